The molecule has 1 aliphatic carbocycles. The molecule has 1 unspecified atom stereocenters. The fourth-order valence-electron chi connectivity index (χ4n) is 2.24. The summed E-state index contributed by atoms with van der Waals surface area (Å²) in [6, 6.07) is 7.17. The van der Waals surface area contributed by atoms with E-state index in [2.05, 4.69) is 0 Å². The van der Waals surface area contributed by atoms with E-state index in [4.69, 9.17) is 4.74 Å². The molecular weight excluding hydrogens is 240 g/mol. The van der Waals surface area contributed by atoms with Crippen LogP contribution in [-0.4, -0.2) is 11.8 Å². The highest BCUT2D eigenvalue weighted by Crippen LogP contribution is 2.27. The molecule has 94 valence electrons. The first-order chi connectivity index (χ1) is 9.25. The van der Waals surface area contributed by atoms with Gasteiger partial charge in [0, 0.05) is 11.1 Å². The quantitative estimate of drug-likeness (QED) is 0.405. The minimum absolute atomic E-state index is 0.136. The fraction of sp³-hybridized carbons (Fsp3) is 0.125. The molecule has 0 bridgehead atoms. The summed E-state index contributed by atoms with van der Waals surface area (Å²) in [4.78, 5) is 24.3. The third-order valence-corrected chi connectivity index (χ3v) is 3.22. The second-order valence-corrected chi connectivity index (χ2v) is 4.46. The van der Waals surface area contributed by atoms with Crippen LogP contribution in [-0.2, 0) is 9.59 Å². The zero-order chi connectivity index (χ0) is 13.2. The second kappa shape index (κ2) is 4.69. The van der Waals surface area contributed by atoms with Crippen molar-refractivity contribution in [3.8, 4) is 5.75 Å². The summed E-state index contributed by atoms with van der Waals surface area (Å²) in [6.07, 6.45) is 9.25. The maximum atomic E-state index is 12.2. The molecule has 0 radical (unpaired) electrons. The Balaban J connectivity index is 2.09. The zero-order valence-corrected chi connectivity index (χ0v) is 10.2. The highest BCUT2D eigenvalue weighted by molar-refractivity contribution is 6.10. The summed E-state index contributed by atoms with van der Waals surface area (Å²) in [5.41, 5.74) is 1.23. The normalized spacial score (nSPS) is 21.5. The minimum Gasteiger partial charge on any atom is -0.425 e. The summed E-state index contributed by atoms with van der Waals surface area (Å²) in [6.45, 7) is 0. The Morgan fingerprint density at radius 1 is 1.11 bits per heavy atom. The van der Waals surface area contributed by atoms with E-state index in [1.165, 1.54) is 6.08 Å². The van der Waals surface area contributed by atoms with Gasteiger partial charge in [-0.25, -0.2) is 0 Å². The van der Waals surface area contributed by atoms with Crippen molar-refractivity contribution < 1.29 is 14.3 Å². The van der Waals surface area contributed by atoms with Gasteiger partial charge in [0.05, 0.1) is 0 Å². The molecule has 0 spiro atoms. The van der Waals surface area contributed by atoms with Crippen LogP contribution in [0.4, 0.5) is 0 Å². The maximum absolute atomic E-state index is 12.2. The molecule has 1 aromatic rings. The summed E-state index contributed by atoms with van der Waals surface area (Å²) in [5.74, 6) is -0.663. The Kier molecular flexibility index (Phi) is 2.88. The third kappa shape index (κ3) is 2.15. The molecule has 0 fully saturated rings. The van der Waals surface area contributed by atoms with Gasteiger partial charge in [0.1, 0.15) is 11.7 Å². The SMILES string of the molecule is O=C1C=Cc2ccccc2OC(=O)C2C=CCC=C12. The maximum Gasteiger partial charge on any atom is 0.322 e. The van der Waals surface area contributed by atoms with Crippen LogP contribution < -0.4 is 4.74 Å². The van der Waals surface area contributed by atoms with Crippen molar-refractivity contribution in [2.45, 2.75) is 6.42 Å². The Morgan fingerprint density at radius 3 is 2.84 bits per heavy atom. The van der Waals surface area contributed by atoms with E-state index in [1.54, 1.807) is 30.4 Å². The average molecular weight is 252 g/mol. The number of carbonyl (C=O) groups is 2. The van der Waals surface area contributed by atoms with Gasteiger partial charge in [0.2, 0.25) is 0 Å². The molecule has 1 heterocycles. The first-order valence-corrected chi connectivity index (χ1v) is 6.15. The number of fused-ring (bicyclic) bond motifs is 2. The largest absolute Gasteiger partial charge is 0.425 e. The molecule has 1 aliphatic heterocycles. The van der Waals surface area contributed by atoms with Gasteiger partial charge >= 0.3 is 5.97 Å². The summed E-state index contributed by atoms with van der Waals surface area (Å²) in [5, 5.41) is 0. The highest BCUT2D eigenvalue weighted by atomic mass is 16.5. The molecule has 19 heavy (non-hydrogen) atoms. The standard InChI is InChI=1S/C16H12O3/c17-14-10-9-11-5-1-4-8-15(11)19-16(18)13-7-3-2-6-12(13)14/h1,3-10,13H,2H2. The number of allylic oxidation sites excluding steroid dienone is 3. The monoisotopic (exact) mass is 252 g/mol. The number of rotatable bonds is 0. The van der Waals surface area contributed by atoms with Crippen molar-refractivity contribution in [2.24, 2.45) is 5.92 Å². The van der Waals surface area contributed by atoms with E-state index in [9.17, 15) is 9.59 Å². The van der Waals surface area contributed by atoms with Crippen LogP contribution in [0.25, 0.3) is 6.08 Å². The number of benzene rings is 1. The Morgan fingerprint density at radius 2 is 1.95 bits per heavy atom. The van der Waals surface area contributed by atoms with Crippen molar-refractivity contribution in [1.29, 1.82) is 0 Å². The van der Waals surface area contributed by atoms with Gasteiger partial charge in [0.25, 0.3) is 0 Å². The zero-order valence-electron chi connectivity index (χ0n) is 10.2. The molecule has 0 aromatic heterocycles. The number of esters is 1. The van der Waals surface area contributed by atoms with Gasteiger partial charge in [-0.2, -0.15) is 0 Å². The van der Waals surface area contributed by atoms with Crippen LogP contribution in [0.5, 0.6) is 5.75 Å². The molecular formula is C16H12O3. The van der Waals surface area contributed by atoms with Crippen molar-refractivity contribution in [2.75, 3.05) is 0 Å². The predicted molar refractivity (Wildman–Crippen MR) is 71.4 cm³/mol. The molecule has 2 aliphatic rings. The Labute approximate surface area is 110 Å². The lowest BCUT2D eigenvalue weighted by atomic mass is 9.90. The fourth-order valence-corrected chi connectivity index (χ4v) is 2.24. The molecule has 1 atom stereocenters. The van der Waals surface area contributed by atoms with Crippen molar-refractivity contribution in [1.82, 2.24) is 0 Å². The summed E-state index contributed by atoms with van der Waals surface area (Å²) in [7, 11) is 0. The number of carbonyl (C=O) groups excluding carboxylic acids is 2. The van der Waals surface area contributed by atoms with Gasteiger partial charge in [-0.15, -0.1) is 0 Å². The van der Waals surface area contributed by atoms with E-state index in [0.717, 1.165) is 5.56 Å². The Bertz CT molecular complexity index is 635. The molecule has 0 saturated carbocycles. The minimum atomic E-state index is -0.600. The van der Waals surface area contributed by atoms with Crippen LogP contribution in [0.3, 0.4) is 0 Å². The smallest absolute Gasteiger partial charge is 0.322 e. The van der Waals surface area contributed by atoms with Crippen LogP contribution in [0.1, 0.15) is 12.0 Å². The van der Waals surface area contributed by atoms with Gasteiger partial charge in [-0.05, 0) is 24.6 Å². The molecule has 1 aromatic carbocycles. The van der Waals surface area contributed by atoms with E-state index in [1.807, 2.05) is 18.2 Å². The van der Waals surface area contributed by atoms with E-state index >= 15 is 0 Å². The van der Waals surface area contributed by atoms with E-state index < -0.39 is 11.9 Å². The molecule has 0 saturated heterocycles. The van der Waals surface area contributed by atoms with Gasteiger partial charge in [-0.1, -0.05) is 36.4 Å². The van der Waals surface area contributed by atoms with Crippen LogP contribution in [0.2, 0.25) is 0 Å². The summed E-state index contributed by atoms with van der Waals surface area (Å²) < 4.78 is 5.40. The van der Waals surface area contributed by atoms with Gasteiger partial charge < -0.3 is 4.74 Å². The third-order valence-electron chi connectivity index (χ3n) is 3.22. The van der Waals surface area contributed by atoms with Crippen LogP contribution in [0.15, 0.2) is 54.1 Å². The topological polar surface area (TPSA) is 43.4 Å². The molecule has 3 nitrogen and oxygen atoms in total. The molecule has 3 rings (SSSR count). The van der Waals surface area contributed by atoms with Gasteiger partial charge in [0.15, 0.2) is 5.78 Å². The van der Waals surface area contributed by atoms with Crippen molar-refractivity contribution in [3.05, 3.63) is 59.7 Å². The lowest BCUT2D eigenvalue weighted by molar-refractivity contribution is -0.137. The van der Waals surface area contributed by atoms with E-state index in [-0.39, 0.29) is 5.78 Å². The average Bonchev–Trinajstić information content (AvgIpc) is 2.50. The van der Waals surface area contributed by atoms with Gasteiger partial charge in [-0.3, -0.25) is 9.59 Å². The number of para-hydroxylation sites is 1. The summed E-state index contributed by atoms with van der Waals surface area (Å²) >= 11 is 0. The Hall–Kier alpha value is -2.42. The number of ether oxygens (including phenoxy) is 1. The predicted octanol–water partition coefficient (Wildman–Crippen LogP) is 2.69. The number of ketones is 1. The molecule has 0 N–H and O–H groups in total. The first kappa shape index (κ1) is 11.7. The van der Waals surface area contributed by atoms with E-state index in [0.29, 0.717) is 17.7 Å². The van der Waals surface area contributed by atoms with Crippen molar-refractivity contribution >= 4 is 17.8 Å². The molecule has 0 amide bonds. The first-order valence-electron chi connectivity index (χ1n) is 6.15. The van der Waals surface area contributed by atoms with Crippen molar-refractivity contribution in [3.63, 3.8) is 0 Å². The van der Waals surface area contributed by atoms with Crippen LogP contribution in [0, 0.1) is 5.92 Å². The number of hydrogen-bond acceptors (Lipinski definition) is 3. The molecule has 3 heteroatoms. The lowest BCUT2D eigenvalue weighted by Crippen LogP contribution is -2.24. The highest BCUT2D eigenvalue weighted by Gasteiger charge is 2.28. The van der Waals surface area contributed by atoms with Crippen LogP contribution >= 0.6 is 0 Å². The second-order valence-electron chi connectivity index (χ2n) is 4.46. The lowest BCUT2D eigenvalue weighted by Gasteiger charge is -2.16. The number of hydrogen-bond donors (Lipinski definition) is 0.